The molecular formula is C19H24N2O2. The van der Waals surface area contributed by atoms with Crippen LogP contribution in [0.1, 0.15) is 38.8 Å². The number of rotatable bonds is 3. The van der Waals surface area contributed by atoms with E-state index in [0.717, 1.165) is 17.7 Å². The van der Waals surface area contributed by atoms with E-state index in [9.17, 15) is 4.79 Å². The van der Waals surface area contributed by atoms with Gasteiger partial charge in [-0.05, 0) is 69.5 Å². The van der Waals surface area contributed by atoms with Gasteiger partial charge in [0.05, 0.1) is 5.69 Å². The summed E-state index contributed by atoms with van der Waals surface area (Å²) in [6, 6.07) is 11.7. The van der Waals surface area contributed by atoms with Gasteiger partial charge in [-0.2, -0.15) is 0 Å². The van der Waals surface area contributed by atoms with Crippen LogP contribution in [0, 0.1) is 6.92 Å². The number of pyridine rings is 1. The third-order valence-electron chi connectivity index (χ3n) is 3.31. The maximum Gasteiger partial charge on any atom is 0.420 e. The molecule has 4 nitrogen and oxygen atoms in total. The number of hydrogen-bond donors (Lipinski definition) is 0. The van der Waals surface area contributed by atoms with Gasteiger partial charge in [-0.25, -0.2) is 14.7 Å². The van der Waals surface area contributed by atoms with Gasteiger partial charge in [-0.15, -0.1) is 0 Å². The Kier molecular flexibility index (Phi) is 5.04. The number of amides is 1. The molecule has 0 radical (unpaired) electrons. The highest BCUT2D eigenvalue weighted by molar-refractivity contribution is 5.95. The zero-order chi connectivity index (χ0) is 17.0. The van der Waals surface area contributed by atoms with Gasteiger partial charge in [0.2, 0.25) is 0 Å². The van der Waals surface area contributed by atoms with E-state index in [1.165, 1.54) is 10.5 Å². The molecule has 0 fully saturated rings. The molecule has 0 N–H and O–H groups in total. The van der Waals surface area contributed by atoms with Crippen molar-refractivity contribution in [3.05, 3.63) is 53.7 Å². The van der Waals surface area contributed by atoms with Crippen LogP contribution < -0.4 is 4.90 Å². The highest BCUT2D eigenvalue weighted by Crippen LogP contribution is 2.27. The summed E-state index contributed by atoms with van der Waals surface area (Å²) in [5, 5.41) is 0. The first kappa shape index (κ1) is 17.0. The molecular weight excluding hydrogens is 288 g/mol. The van der Waals surface area contributed by atoms with Crippen molar-refractivity contribution in [2.75, 3.05) is 4.90 Å². The lowest BCUT2D eigenvalue weighted by Crippen LogP contribution is -2.34. The van der Waals surface area contributed by atoms with E-state index < -0.39 is 11.7 Å². The van der Waals surface area contributed by atoms with E-state index in [1.54, 1.807) is 6.20 Å². The highest BCUT2D eigenvalue weighted by atomic mass is 16.6. The molecule has 0 saturated carbocycles. The summed E-state index contributed by atoms with van der Waals surface area (Å²) < 4.78 is 5.55. The van der Waals surface area contributed by atoms with Crippen LogP contribution >= 0.6 is 0 Å². The summed E-state index contributed by atoms with van der Waals surface area (Å²) >= 11 is 0. The molecule has 122 valence electrons. The smallest absolute Gasteiger partial charge is 0.420 e. The van der Waals surface area contributed by atoms with Gasteiger partial charge in [0.25, 0.3) is 0 Å². The first-order valence-corrected chi connectivity index (χ1v) is 7.85. The third-order valence-corrected chi connectivity index (χ3v) is 3.31. The van der Waals surface area contributed by atoms with Gasteiger partial charge < -0.3 is 4.74 Å². The van der Waals surface area contributed by atoms with Crippen molar-refractivity contribution < 1.29 is 9.53 Å². The summed E-state index contributed by atoms with van der Waals surface area (Å²) in [5.74, 6) is 0.559. The predicted octanol–water partition coefficient (Wildman–Crippen LogP) is 5.03. The molecule has 0 aliphatic carbocycles. The van der Waals surface area contributed by atoms with Gasteiger partial charge in [0.1, 0.15) is 11.4 Å². The van der Waals surface area contributed by atoms with Crippen LogP contribution in [0.25, 0.3) is 0 Å². The summed E-state index contributed by atoms with van der Waals surface area (Å²) in [6.07, 6.45) is 2.22. The molecule has 0 aliphatic rings. The SMILES string of the molecule is CCc1ccc(N(C(=O)OC(C)(C)C)c2cc(C)ccn2)cc1. The van der Waals surface area contributed by atoms with Crippen LogP contribution in [0.2, 0.25) is 0 Å². The fourth-order valence-corrected chi connectivity index (χ4v) is 2.16. The van der Waals surface area contributed by atoms with Gasteiger partial charge in [-0.1, -0.05) is 19.1 Å². The van der Waals surface area contributed by atoms with Crippen LogP contribution in [0.4, 0.5) is 16.3 Å². The molecule has 0 saturated heterocycles. The predicted molar refractivity (Wildman–Crippen MR) is 93.2 cm³/mol. The lowest BCUT2D eigenvalue weighted by Gasteiger charge is -2.27. The number of carbonyl (C=O) groups excluding carboxylic acids is 1. The average molecular weight is 312 g/mol. The van der Waals surface area contributed by atoms with Crippen molar-refractivity contribution in [2.24, 2.45) is 0 Å². The number of benzene rings is 1. The van der Waals surface area contributed by atoms with Gasteiger partial charge in [0, 0.05) is 6.20 Å². The van der Waals surface area contributed by atoms with E-state index >= 15 is 0 Å². The van der Waals surface area contributed by atoms with Gasteiger partial charge in [-0.3, -0.25) is 0 Å². The molecule has 0 unspecified atom stereocenters. The van der Waals surface area contributed by atoms with Crippen molar-refractivity contribution in [2.45, 2.75) is 46.6 Å². The fraction of sp³-hybridized carbons (Fsp3) is 0.368. The maximum atomic E-state index is 12.7. The molecule has 0 atom stereocenters. The molecule has 2 rings (SSSR count). The summed E-state index contributed by atoms with van der Waals surface area (Å²) in [5.41, 5.74) is 2.43. The number of aromatic nitrogens is 1. The lowest BCUT2D eigenvalue weighted by molar-refractivity contribution is 0.0598. The number of aryl methyl sites for hydroxylation is 2. The molecule has 1 amide bonds. The molecule has 0 aliphatic heterocycles. The maximum absolute atomic E-state index is 12.7. The monoisotopic (exact) mass is 312 g/mol. The van der Waals surface area contributed by atoms with Crippen LogP contribution in [0.5, 0.6) is 0 Å². The average Bonchev–Trinajstić information content (AvgIpc) is 2.46. The van der Waals surface area contributed by atoms with Gasteiger partial charge in [0.15, 0.2) is 0 Å². The third kappa shape index (κ3) is 4.55. The van der Waals surface area contributed by atoms with E-state index in [0.29, 0.717) is 5.82 Å². The van der Waals surface area contributed by atoms with Crippen molar-refractivity contribution in [3.63, 3.8) is 0 Å². The highest BCUT2D eigenvalue weighted by Gasteiger charge is 2.25. The van der Waals surface area contributed by atoms with Crippen LogP contribution in [-0.4, -0.2) is 16.7 Å². The second kappa shape index (κ2) is 6.82. The van der Waals surface area contributed by atoms with Crippen LogP contribution in [0.3, 0.4) is 0 Å². The summed E-state index contributed by atoms with van der Waals surface area (Å²) in [7, 11) is 0. The molecule has 0 bridgehead atoms. The molecule has 23 heavy (non-hydrogen) atoms. The second-order valence-electron chi connectivity index (χ2n) is 6.53. The minimum atomic E-state index is -0.567. The van der Waals surface area contributed by atoms with E-state index in [1.807, 2.05) is 64.1 Å². The minimum Gasteiger partial charge on any atom is -0.443 e. The van der Waals surface area contributed by atoms with E-state index in [4.69, 9.17) is 4.74 Å². The Hall–Kier alpha value is -2.36. The Morgan fingerprint density at radius 3 is 2.35 bits per heavy atom. The zero-order valence-corrected chi connectivity index (χ0v) is 14.5. The summed E-state index contributed by atoms with van der Waals surface area (Å²) in [6.45, 7) is 9.63. The Bertz CT molecular complexity index is 673. The Morgan fingerprint density at radius 1 is 1.17 bits per heavy atom. The van der Waals surface area contributed by atoms with Crippen LogP contribution in [-0.2, 0) is 11.2 Å². The number of nitrogens with zero attached hydrogens (tertiary/aromatic N) is 2. The van der Waals surface area contributed by atoms with Crippen molar-refractivity contribution in [1.29, 1.82) is 0 Å². The van der Waals surface area contributed by atoms with Crippen molar-refractivity contribution in [3.8, 4) is 0 Å². The number of carbonyl (C=O) groups is 1. The lowest BCUT2D eigenvalue weighted by atomic mass is 10.1. The quantitative estimate of drug-likeness (QED) is 0.798. The fourth-order valence-electron chi connectivity index (χ4n) is 2.16. The van der Waals surface area contributed by atoms with E-state index in [2.05, 4.69) is 11.9 Å². The molecule has 1 aromatic carbocycles. The zero-order valence-electron chi connectivity index (χ0n) is 14.5. The second-order valence-corrected chi connectivity index (χ2v) is 6.53. The minimum absolute atomic E-state index is 0.431. The largest absolute Gasteiger partial charge is 0.443 e. The van der Waals surface area contributed by atoms with Crippen LogP contribution in [0.15, 0.2) is 42.6 Å². The van der Waals surface area contributed by atoms with E-state index in [-0.39, 0.29) is 0 Å². The molecule has 0 spiro atoms. The first-order chi connectivity index (χ1) is 10.8. The molecule has 1 heterocycles. The number of hydrogen-bond acceptors (Lipinski definition) is 3. The van der Waals surface area contributed by atoms with Gasteiger partial charge >= 0.3 is 6.09 Å². The van der Waals surface area contributed by atoms with Crippen molar-refractivity contribution >= 4 is 17.6 Å². The Balaban J connectivity index is 2.43. The summed E-state index contributed by atoms with van der Waals surface area (Å²) in [4.78, 5) is 18.5. The number of ether oxygens (including phenoxy) is 1. The molecule has 2 aromatic rings. The molecule has 1 aromatic heterocycles. The molecule has 4 heteroatoms. The topological polar surface area (TPSA) is 42.4 Å². The Morgan fingerprint density at radius 2 is 1.83 bits per heavy atom. The number of anilines is 2. The first-order valence-electron chi connectivity index (χ1n) is 7.85. The Labute approximate surface area is 138 Å². The van der Waals surface area contributed by atoms with Crippen molar-refractivity contribution in [1.82, 2.24) is 4.98 Å². The standard InChI is InChI=1S/C19H24N2O2/c1-6-15-7-9-16(10-8-15)21(18(22)23-19(3,4)5)17-13-14(2)11-12-20-17/h7-13H,6H2,1-5H3. The normalized spacial score (nSPS) is 11.2.